The Morgan fingerprint density at radius 2 is 2.07 bits per heavy atom. The number of pyridine rings is 1. The highest BCUT2D eigenvalue weighted by Crippen LogP contribution is 2.27. The number of carbonyl (C=O) groups excluding carboxylic acids is 1. The molecule has 1 aliphatic rings. The molecule has 0 bridgehead atoms. The fourth-order valence-corrected chi connectivity index (χ4v) is 2.42. The molecule has 1 amide bonds. The Morgan fingerprint density at radius 3 is 2.63 bits per heavy atom. The summed E-state index contributed by atoms with van der Waals surface area (Å²) in [7, 11) is 0. The Morgan fingerprint density at radius 1 is 1.33 bits per heavy atom. The van der Waals surface area contributed by atoms with Crippen LogP contribution in [-0.2, 0) is 11.3 Å². The van der Waals surface area contributed by atoms with Crippen LogP contribution in [0.5, 0.6) is 0 Å². The summed E-state index contributed by atoms with van der Waals surface area (Å²) in [6, 6.07) is 6.09. The number of rotatable bonds is 7. The normalized spacial score (nSPS) is 14.1. The third-order valence-electron chi connectivity index (χ3n) is 3.73. The Kier molecular flexibility index (Phi) is 9.82. The molecule has 152 valence electrons. The lowest BCUT2D eigenvalue weighted by molar-refractivity contribution is 0.0238. The van der Waals surface area contributed by atoms with Gasteiger partial charge in [0.15, 0.2) is 5.96 Å². The van der Waals surface area contributed by atoms with Gasteiger partial charge in [-0.15, -0.1) is 24.0 Å². The molecule has 1 aromatic heterocycles. The van der Waals surface area contributed by atoms with Gasteiger partial charge in [0.1, 0.15) is 5.60 Å². The van der Waals surface area contributed by atoms with E-state index < -0.39 is 5.60 Å². The van der Waals surface area contributed by atoms with Gasteiger partial charge in [0, 0.05) is 31.9 Å². The molecule has 0 unspecified atom stereocenters. The van der Waals surface area contributed by atoms with Crippen molar-refractivity contribution < 1.29 is 9.53 Å². The highest BCUT2D eigenvalue weighted by molar-refractivity contribution is 14.0. The molecule has 0 aliphatic heterocycles. The molecule has 1 fully saturated rings. The summed E-state index contributed by atoms with van der Waals surface area (Å²) < 4.78 is 5.52. The molecule has 0 aromatic carbocycles. The summed E-state index contributed by atoms with van der Waals surface area (Å²) >= 11 is 0. The summed E-state index contributed by atoms with van der Waals surface area (Å²) in [5.41, 5.74) is 0.439. The molecule has 2 N–H and O–H groups in total. The first kappa shape index (κ1) is 23.5. The lowest BCUT2D eigenvalue weighted by atomic mass is 10.2. The van der Waals surface area contributed by atoms with Gasteiger partial charge in [0.25, 0.3) is 0 Å². The lowest BCUT2D eigenvalue weighted by Gasteiger charge is -2.27. The van der Waals surface area contributed by atoms with Gasteiger partial charge in [0.05, 0.1) is 12.2 Å². The second-order valence-electron chi connectivity index (χ2n) is 7.35. The quantitative estimate of drug-likeness (QED) is 0.350. The molecular weight excluding hydrogens is 457 g/mol. The molecule has 1 heterocycles. The van der Waals surface area contributed by atoms with Gasteiger partial charge in [-0.2, -0.15) is 0 Å². The number of guanidine groups is 1. The number of hydrogen-bond donors (Lipinski definition) is 2. The predicted molar refractivity (Wildman–Crippen MR) is 118 cm³/mol. The van der Waals surface area contributed by atoms with Crippen molar-refractivity contribution in [3.8, 4) is 0 Å². The van der Waals surface area contributed by atoms with Gasteiger partial charge in [-0.3, -0.25) is 4.98 Å². The maximum Gasteiger partial charge on any atom is 0.410 e. The van der Waals surface area contributed by atoms with Crippen LogP contribution in [-0.4, -0.2) is 53.2 Å². The van der Waals surface area contributed by atoms with E-state index in [0.29, 0.717) is 25.7 Å². The van der Waals surface area contributed by atoms with Crippen molar-refractivity contribution >= 4 is 36.0 Å². The molecule has 0 radical (unpaired) electrons. The average molecular weight is 489 g/mol. The van der Waals surface area contributed by atoms with Crippen molar-refractivity contribution in [2.75, 3.05) is 19.6 Å². The number of amides is 1. The van der Waals surface area contributed by atoms with Crippen molar-refractivity contribution in [3.05, 3.63) is 30.1 Å². The fraction of sp³-hybridized carbons (Fsp3) is 0.632. The average Bonchev–Trinajstić information content (AvgIpc) is 3.40. The van der Waals surface area contributed by atoms with E-state index in [4.69, 9.17) is 4.74 Å². The topological polar surface area (TPSA) is 78.9 Å². The van der Waals surface area contributed by atoms with Gasteiger partial charge in [0.2, 0.25) is 0 Å². The first-order valence-electron chi connectivity index (χ1n) is 9.30. The van der Waals surface area contributed by atoms with E-state index in [2.05, 4.69) is 20.6 Å². The van der Waals surface area contributed by atoms with E-state index >= 15 is 0 Å². The van der Waals surface area contributed by atoms with E-state index in [0.717, 1.165) is 31.0 Å². The summed E-state index contributed by atoms with van der Waals surface area (Å²) in [5, 5.41) is 6.50. The van der Waals surface area contributed by atoms with E-state index in [1.165, 1.54) is 0 Å². The molecule has 7 nitrogen and oxygen atoms in total. The van der Waals surface area contributed by atoms with Gasteiger partial charge in [-0.25, -0.2) is 9.79 Å². The van der Waals surface area contributed by atoms with Crippen LogP contribution < -0.4 is 10.6 Å². The molecule has 1 aliphatic carbocycles. The first-order valence-corrected chi connectivity index (χ1v) is 9.30. The summed E-state index contributed by atoms with van der Waals surface area (Å²) in [4.78, 5) is 23.0. The monoisotopic (exact) mass is 489 g/mol. The van der Waals surface area contributed by atoms with Crippen molar-refractivity contribution in [1.82, 2.24) is 20.5 Å². The van der Waals surface area contributed by atoms with E-state index in [-0.39, 0.29) is 30.1 Å². The van der Waals surface area contributed by atoms with Gasteiger partial charge < -0.3 is 20.3 Å². The lowest BCUT2D eigenvalue weighted by Crippen LogP contribution is -2.45. The van der Waals surface area contributed by atoms with Crippen LogP contribution in [0.2, 0.25) is 0 Å². The van der Waals surface area contributed by atoms with E-state index in [1.807, 2.05) is 50.8 Å². The highest BCUT2D eigenvalue weighted by atomic mass is 127. The van der Waals surface area contributed by atoms with Crippen LogP contribution in [0, 0.1) is 0 Å². The van der Waals surface area contributed by atoms with E-state index in [9.17, 15) is 4.79 Å². The minimum atomic E-state index is -0.475. The standard InChI is InChI=1S/C19H31N5O2.HI/c1-5-20-17(23-14-15-8-6-7-11-21-15)22-12-13-24(16-9-10-16)18(25)26-19(2,3)4;/h6-8,11,16H,5,9-10,12-14H2,1-4H3,(H2,20,22,23);1H. The first-order chi connectivity index (χ1) is 12.4. The van der Waals surface area contributed by atoms with Crippen molar-refractivity contribution in [2.45, 2.75) is 58.7 Å². The number of ether oxygens (including phenoxy) is 1. The number of halogens is 1. The SMILES string of the molecule is CCNC(=NCc1ccccn1)NCCN(C(=O)OC(C)(C)C)C1CC1.I. The molecule has 0 saturated heterocycles. The number of nitrogens with one attached hydrogen (secondary N) is 2. The van der Waals surface area contributed by atoms with E-state index in [1.54, 1.807) is 6.20 Å². The van der Waals surface area contributed by atoms with Crippen molar-refractivity contribution in [3.63, 3.8) is 0 Å². The van der Waals surface area contributed by atoms with Gasteiger partial charge in [-0.1, -0.05) is 6.07 Å². The number of nitrogens with zero attached hydrogens (tertiary/aromatic N) is 3. The smallest absolute Gasteiger partial charge is 0.410 e. The zero-order valence-corrected chi connectivity index (χ0v) is 19.0. The number of aliphatic imine (C=N–C) groups is 1. The third kappa shape index (κ3) is 9.25. The third-order valence-corrected chi connectivity index (χ3v) is 3.73. The molecule has 27 heavy (non-hydrogen) atoms. The maximum absolute atomic E-state index is 12.4. The summed E-state index contributed by atoms with van der Waals surface area (Å²) in [6.45, 7) is 10.2. The largest absolute Gasteiger partial charge is 0.444 e. The Bertz CT molecular complexity index is 600. The zero-order chi connectivity index (χ0) is 19.0. The molecule has 1 saturated carbocycles. The molecule has 8 heteroatoms. The van der Waals surface area contributed by atoms with Crippen molar-refractivity contribution in [1.29, 1.82) is 0 Å². The minimum absolute atomic E-state index is 0. The highest BCUT2D eigenvalue weighted by Gasteiger charge is 2.34. The van der Waals surface area contributed by atoms with Crippen molar-refractivity contribution in [2.24, 2.45) is 4.99 Å². The molecule has 0 atom stereocenters. The van der Waals surface area contributed by atoms with Crippen LogP contribution in [0.15, 0.2) is 29.4 Å². The van der Waals surface area contributed by atoms with Crippen LogP contribution in [0.4, 0.5) is 4.79 Å². The molecule has 1 aromatic rings. The second kappa shape index (κ2) is 11.3. The maximum atomic E-state index is 12.4. The second-order valence-corrected chi connectivity index (χ2v) is 7.35. The summed E-state index contributed by atoms with van der Waals surface area (Å²) in [5.74, 6) is 0.720. The Balaban J connectivity index is 0.00000364. The minimum Gasteiger partial charge on any atom is -0.444 e. The number of aromatic nitrogens is 1. The van der Waals surface area contributed by atoms with Crippen LogP contribution in [0.1, 0.15) is 46.2 Å². The Labute approximate surface area is 179 Å². The Hall–Kier alpha value is -1.58. The zero-order valence-electron chi connectivity index (χ0n) is 16.7. The number of hydrogen-bond acceptors (Lipinski definition) is 4. The summed E-state index contributed by atoms with van der Waals surface area (Å²) in [6.07, 6.45) is 3.62. The van der Waals surface area contributed by atoms with Gasteiger partial charge >= 0.3 is 6.09 Å². The van der Waals surface area contributed by atoms with Crippen LogP contribution >= 0.6 is 24.0 Å². The molecular formula is C19H32IN5O2. The number of carbonyl (C=O) groups is 1. The molecule has 2 rings (SSSR count). The van der Waals surface area contributed by atoms with Crippen LogP contribution in [0.3, 0.4) is 0 Å². The van der Waals surface area contributed by atoms with Crippen LogP contribution in [0.25, 0.3) is 0 Å². The predicted octanol–water partition coefficient (Wildman–Crippen LogP) is 3.15. The van der Waals surface area contributed by atoms with Gasteiger partial charge in [-0.05, 0) is 52.7 Å². The molecule has 0 spiro atoms. The fourth-order valence-electron chi connectivity index (χ4n) is 2.42.